The van der Waals surface area contributed by atoms with Gasteiger partial charge in [-0.1, -0.05) is 13.8 Å². The number of nitrogens with one attached hydrogen (secondary N) is 1. The molecule has 2 rings (SSSR count). The third-order valence-electron chi connectivity index (χ3n) is 4.09. The Morgan fingerprint density at radius 1 is 1.38 bits per heavy atom. The Labute approximate surface area is 135 Å². The smallest absolute Gasteiger partial charge is 0.252 e. The van der Waals surface area contributed by atoms with Crippen molar-refractivity contribution < 1.29 is 4.79 Å². The van der Waals surface area contributed by atoms with Gasteiger partial charge in [-0.05, 0) is 66.0 Å². The van der Waals surface area contributed by atoms with Crippen molar-refractivity contribution in [1.82, 2.24) is 10.2 Å². The second kappa shape index (κ2) is 7.27. The van der Waals surface area contributed by atoms with Crippen LogP contribution < -0.4 is 11.1 Å². The number of nitrogen functional groups attached to an aromatic ring is 1. The standard InChI is InChI=1S/C16H24BrN3O/c1-11(2)15(20-7-3-4-8-20)10-19-16(21)13-9-12(18)5-6-14(13)17/h5-6,9,11,15H,3-4,7-8,10,18H2,1-2H3,(H,19,21). The molecule has 0 spiro atoms. The summed E-state index contributed by atoms with van der Waals surface area (Å²) < 4.78 is 0.775. The molecule has 0 radical (unpaired) electrons. The van der Waals surface area contributed by atoms with Gasteiger partial charge in [0.15, 0.2) is 0 Å². The molecule has 1 aromatic rings. The Balaban J connectivity index is 1.99. The molecule has 4 nitrogen and oxygen atoms in total. The molecule has 1 unspecified atom stereocenters. The Morgan fingerprint density at radius 3 is 2.67 bits per heavy atom. The molecular formula is C16H24BrN3O. The molecule has 0 bridgehead atoms. The van der Waals surface area contributed by atoms with Crippen molar-refractivity contribution in [3.05, 3.63) is 28.2 Å². The third-order valence-corrected chi connectivity index (χ3v) is 4.78. The van der Waals surface area contributed by atoms with Gasteiger partial charge in [-0.3, -0.25) is 9.69 Å². The second-order valence-corrected chi connectivity index (χ2v) is 6.86. The molecule has 1 heterocycles. The molecule has 0 saturated carbocycles. The summed E-state index contributed by atoms with van der Waals surface area (Å²) in [5.41, 5.74) is 6.96. The molecule has 1 atom stereocenters. The van der Waals surface area contributed by atoms with Crippen molar-refractivity contribution in [2.45, 2.75) is 32.7 Å². The number of rotatable bonds is 5. The van der Waals surface area contributed by atoms with E-state index in [-0.39, 0.29) is 5.91 Å². The van der Waals surface area contributed by atoms with E-state index in [0.29, 0.717) is 29.8 Å². The van der Waals surface area contributed by atoms with Crippen LogP contribution in [0.25, 0.3) is 0 Å². The first-order valence-corrected chi connectivity index (χ1v) is 8.35. The topological polar surface area (TPSA) is 58.4 Å². The number of nitrogens with two attached hydrogens (primary N) is 1. The molecule has 3 N–H and O–H groups in total. The highest BCUT2D eigenvalue weighted by molar-refractivity contribution is 9.10. The molecule has 1 fully saturated rings. The lowest BCUT2D eigenvalue weighted by Gasteiger charge is -2.31. The van der Waals surface area contributed by atoms with E-state index in [1.807, 2.05) is 6.07 Å². The van der Waals surface area contributed by atoms with Crippen LogP contribution in [0.5, 0.6) is 0 Å². The number of benzene rings is 1. The lowest BCUT2D eigenvalue weighted by molar-refractivity contribution is 0.0926. The zero-order valence-corrected chi connectivity index (χ0v) is 14.3. The third kappa shape index (κ3) is 4.20. The van der Waals surface area contributed by atoms with Gasteiger partial charge in [0.2, 0.25) is 0 Å². The molecule has 1 amide bonds. The highest BCUT2D eigenvalue weighted by Crippen LogP contribution is 2.20. The van der Waals surface area contributed by atoms with Crippen LogP contribution in [-0.4, -0.2) is 36.5 Å². The van der Waals surface area contributed by atoms with Crippen molar-refractivity contribution in [1.29, 1.82) is 0 Å². The molecule has 1 saturated heterocycles. The van der Waals surface area contributed by atoms with Crippen LogP contribution in [0.3, 0.4) is 0 Å². The Hall–Kier alpha value is -1.07. The van der Waals surface area contributed by atoms with E-state index < -0.39 is 0 Å². The fourth-order valence-corrected chi connectivity index (χ4v) is 3.30. The molecule has 5 heteroatoms. The Bertz CT molecular complexity index is 498. The highest BCUT2D eigenvalue weighted by atomic mass is 79.9. The average molecular weight is 354 g/mol. The zero-order valence-electron chi connectivity index (χ0n) is 12.7. The van der Waals surface area contributed by atoms with Crippen LogP contribution in [0.2, 0.25) is 0 Å². The van der Waals surface area contributed by atoms with Crippen molar-refractivity contribution in [3.8, 4) is 0 Å². The number of carbonyl (C=O) groups excluding carboxylic acids is 1. The summed E-state index contributed by atoms with van der Waals surface area (Å²) in [6.45, 7) is 7.39. The van der Waals surface area contributed by atoms with E-state index in [2.05, 4.69) is 40.0 Å². The lowest BCUT2D eigenvalue weighted by Crippen LogP contribution is -2.45. The summed E-state index contributed by atoms with van der Waals surface area (Å²) in [5, 5.41) is 3.06. The number of carbonyl (C=O) groups is 1. The first-order chi connectivity index (χ1) is 9.99. The number of nitrogens with zero attached hydrogens (tertiary/aromatic N) is 1. The van der Waals surface area contributed by atoms with Crippen molar-refractivity contribution >= 4 is 27.5 Å². The largest absolute Gasteiger partial charge is 0.399 e. The van der Waals surface area contributed by atoms with E-state index in [0.717, 1.165) is 17.6 Å². The molecule has 1 aliphatic heterocycles. The maximum atomic E-state index is 12.3. The van der Waals surface area contributed by atoms with Gasteiger partial charge in [-0.2, -0.15) is 0 Å². The molecule has 1 aliphatic rings. The van der Waals surface area contributed by atoms with Crippen LogP contribution in [0.1, 0.15) is 37.0 Å². The van der Waals surface area contributed by atoms with E-state index in [1.54, 1.807) is 12.1 Å². The van der Waals surface area contributed by atoms with Crippen LogP contribution in [0.15, 0.2) is 22.7 Å². The van der Waals surface area contributed by atoms with Crippen molar-refractivity contribution in [3.63, 3.8) is 0 Å². The van der Waals surface area contributed by atoms with Crippen LogP contribution >= 0.6 is 15.9 Å². The minimum Gasteiger partial charge on any atom is -0.399 e. The summed E-state index contributed by atoms with van der Waals surface area (Å²) in [6, 6.07) is 5.70. The van der Waals surface area contributed by atoms with Gasteiger partial charge in [0.1, 0.15) is 0 Å². The molecule has 0 aliphatic carbocycles. The maximum Gasteiger partial charge on any atom is 0.252 e. The molecule has 116 valence electrons. The van der Waals surface area contributed by atoms with Gasteiger partial charge < -0.3 is 11.1 Å². The first-order valence-electron chi connectivity index (χ1n) is 7.56. The van der Waals surface area contributed by atoms with Crippen LogP contribution in [0.4, 0.5) is 5.69 Å². The number of halogens is 1. The lowest BCUT2D eigenvalue weighted by atomic mass is 10.0. The van der Waals surface area contributed by atoms with E-state index in [9.17, 15) is 4.79 Å². The number of amides is 1. The Kier molecular flexibility index (Phi) is 5.65. The fraction of sp³-hybridized carbons (Fsp3) is 0.562. The maximum absolute atomic E-state index is 12.3. The quantitative estimate of drug-likeness (QED) is 0.800. The summed E-state index contributed by atoms with van der Waals surface area (Å²) in [6.07, 6.45) is 2.52. The first kappa shape index (κ1) is 16.3. The summed E-state index contributed by atoms with van der Waals surface area (Å²) in [4.78, 5) is 14.8. The minimum atomic E-state index is -0.0704. The highest BCUT2D eigenvalue weighted by Gasteiger charge is 2.25. The van der Waals surface area contributed by atoms with Gasteiger partial charge >= 0.3 is 0 Å². The monoisotopic (exact) mass is 353 g/mol. The van der Waals surface area contributed by atoms with Gasteiger partial charge in [-0.15, -0.1) is 0 Å². The van der Waals surface area contributed by atoms with E-state index in [1.165, 1.54) is 12.8 Å². The normalized spacial score (nSPS) is 17.1. The summed E-state index contributed by atoms with van der Waals surface area (Å²) in [5.74, 6) is 0.451. The number of likely N-dealkylation sites (tertiary alicyclic amines) is 1. The second-order valence-electron chi connectivity index (χ2n) is 6.00. The van der Waals surface area contributed by atoms with Gasteiger partial charge in [0, 0.05) is 22.7 Å². The Morgan fingerprint density at radius 2 is 2.05 bits per heavy atom. The van der Waals surface area contributed by atoms with E-state index >= 15 is 0 Å². The predicted octanol–water partition coefficient (Wildman–Crippen LogP) is 2.88. The van der Waals surface area contributed by atoms with Crippen molar-refractivity contribution in [2.24, 2.45) is 5.92 Å². The average Bonchev–Trinajstić information content (AvgIpc) is 2.95. The van der Waals surface area contributed by atoms with Gasteiger partial charge in [0.25, 0.3) is 5.91 Å². The zero-order chi connectivity index (χ0) is 15.4. The molecule has 0 aromatic heterocycles. The van der Waals surface area contributed by atoms with E-state index in [4.69, 9.17) is 5.73 Å². The molecular weight excluding hydrogens is 330 g/mol. The van der Waals surface area contributed by atoms with Gasteiger partial charge in [0.05, 0.1) is 5.56 Å². The van der Waals surface area contributed by atoms with Crippen LogP contribution in [0, 0.1) is 5.92 Å². The predicted molar refractivity (Wildman–Crippen MR) is 90.3 cm³/mol. The number of hydrogen-bond donors (Lipinski definition) is 2. The van der Waals surface area contributed by atoms with Crippen LogP contribution in [-0.2, 0) is 0 Å². The molecule has 21 heavy (non-hydrogen) atoms. The fourth-order valence-electron chi connectivity index (χ4n) is 2.87. The number of anilines is 1. The number of hydrogen-bond acceptors (Lipinski definition) is 3. The van der Waals surface area contributed by atoms with Gasteiger partial charge in [-0.25, -0.2) is 0 Å². The minimum absolute atomic E-state index is 0.0704. The summed E-state index contributed by atoms with van der Waals surface area (Å²) in [7, 11) is 0. The molecule has 1 aromatic carbocycles. The summed E-state index contributed by atoms with van der Waals surface area (Å²) >= 11 is 3.41. The SMILES string of the molecule is CC(C)C(CNC(=O)c1cc(N)ccc1Br)N1CCCC1. The van der Waals surface area contributed by atoms with Crippen molar-refractivity contribution in [2.75, 3.05) is 25.4 Å².